The Balaban J connectivity index is 1.82. The number of rotatable bonds is 3. The summed E-state index contributed by atoms with van der Waals surface area (Å²) in [6.45, 7) is 12.0. The van der Waals surface area contributed by atoms with Crippen molar-refractivity contribution in [3.05, 3.63) is 0 Å². The van der Waals surface area contributed by atoms with E-state index < -0.39 is 0 Å². The summed E-state index contributed by atoms with van der Waals surface area (Å²) in [5.74, 6) is 0.957. The summed E-state index contributed by atoms with van der Waals surface area (Å²) in [5.41, 5.74) is 0. The van der Waals surface area contributed by atoms with Crippen molar-refractivity contribution in [3.63, 3.8) is 0 Å². The van der Waals surface area contributed by atoms with Crippen LogP contribution >= 0.6 is 0 Å². The lowest BCUT2D eigenvalue weighted by molar-refractivity contribution is 0.0501. The molecule has 106 valence electrons. The fraction of sp³-hybridized carbons (Fsp3) is 1.00. The third kappa shape index (κ3) is 3.46. The van der Waals surface area contributed by atoms with Crippen LogP contribution in [0.4, 0.5) is 0 Å². The van der Waals surface area contributed by atoms with E-state index >= 15 is 0 Å². The van der Waals surface area contributed by atoms with Crippen LogP contribution < -0.4 is 5.32 Å². The first-order chi connectivity index (χ1) is 8.60. The maximum absolute atomic E-state index is 3.72. The maximum atomic E-state index is 3.72. The van der Waals surface area contributed by atoms with Gasteiger partial charge in [-0.3, -0.25) is 9.80 Å². The Bertz CT molecular complexity index is 244. The number of likely N-dealkylation sites (N-methyl/N-ethyl adjacent to an activating group) is 1. The molecule has 4 unspecified atom stereocenters. The van der Waals surface area contributed by atoms with E-state index in [1.807, 2.05) is 0 Å². The van der Waals surface area contributed by atoms with Gasteiger partial charge in [0.05, 0.1) is 0 Å². The van der Waals surface area contributed by atoms with E-state index in [9.17, 15) is 0 Å². The van der Waals surface area contributed by atoms with E-state index in [-0.39, 0.29) is 0 Å². The van der Waals surface area contributed by atoms with E-state index in [0.29, 0.717) is 12.1 Å². The number of nitrogens with one attached hydrogen (secondary N) is 1. The maximum Gasteiger partial charge on any atom is 0.0197 e. The van der Waals surface area contributed by atoms with Gasteiger partial charge in [-0.15, -0.1) is 0 Å². The molecule has 2 heterocycles. The Hall–Kier alpha value is -0.120. The highest BCUT2D eigenvalue weighted by atomic mass is 15.3. The summed E-state index contributed by atoms with van der Waals surface area (Å²) in [5, 5.41) is 3.72. The van der Waals surface area contributed by atoms with Gasteiger partial charge in [0.2, 0.25) is 0 Å². The molecule has 2 aliphatic rings. The number of hydrogen-bond donors (Lipinski definition) is 1. The Labute approximate surface area is 113 Å². The van der Waals surface area contributed by atoms with Gasteiger partial charge in [0.15, 0.2) is 0 Å². The summed E-state index contributed by atoms with van der Waals surface area (Å²) < 4.78 is 0. The zero-order chi connectivity index (χ0) is 13.1. The lowest BCUT2D eigenvalue weighted by Gasteiger charge is -2.44. The van der Waals surface area contributed by atoms with Crippen LogP contribution in [0.5, 0.6) is 0 Å². The van der Waals surface area contributed by atoms with Gasteiger partial charge in [-0.1, -0.05) is 13.3 Å². The molecule has 0 saturated carbocycles. The summed E-state index contributed by atoms with van der Waals surface area (Å²) >= 11 is 0. The molecule has 0 radical (unpaired) electrons. The Kier molecular flexibility index (Phi) is 5.05. The molecular weight excluding hydrogens is 222 g/mol. The van der Waals surface area contributed by atoms with Crippen molar-refractivity contribution < 1.29 is 0 Å². The molecule has 1 N–H and O–H groups in total. The van der Waals surface area contributed by atoms with Gasteiger partial charge in [0.25, 0.3) is 0 Å². The molecule has 0 aliphatic carbocycles. The zero-order valence-corrected chi connectivity index (χ0v) is 12.7. The molecule has 2 rings (SSSR count). The van der Waals surface area contributed by atoms with Gasteiger partial charge in [-0.05, 0) is 46.2 Å². The number of hydrogen-bond acceptors (Lipinski definition) is 3. The number of piperidine rings is 1. The van der Waals surface area contributed by atoms with Gasteiger partial charge in [0.1, 0.15) is 0 Å². The van der Waals surface area contributed by atoms with Gasteiger partial charge < -0.3 is 5.32 Å². The fourth-order valence-electron chi connectivity index (χ4n) is 3.58. The van der Waals surface area contributed by atoms with Crippen molar-refractivity contribution in [1.29, 1.82) is 0 Å². The topological polar surface area (TPSA) is 18.5 Å². The van der Waals surface area contributed by atoms with Gasteiger partial charge >= 0.3 is 0 Å². The fourth-order valence-corrected chi connectivity index (χ4v) is 3.58. The zero-order valence-electron chi connectivity index (χ0n) is 12.7. The average Bonchev–Trinajstić information content (AvgIpc) is 2.36. The van der Waals surface area contributed by atoms with E-state index in [1.54, 1.807) is 0 Å². The van der Waals surface area contributed by atoms with Crippen molar-refractivity contribution in [2.75, 3.05) is 33.2 Å². The molecule has 0 spiro atoms. The smallest absolute Gasteiger partial charge is 0.0197 e. The highest BCUT2D eigenvalue weighted by Gasteiger charge is 2.29. The highest BCUT2D eigenvalue weighted by molar-refractivity contribution is 4.87. The minimum Gasteiger partial charge on any atom is -0.313 e. The molecule has 2 saturated heterocycles. The Morgan fingerprint density at radius 2 is 1.83 bits per heavy atom. The van der Waals surface area contributed by atoms with E-state index in [0.717, 1.165) is 12.0 Å². The van der Waals surface area contributed by atoms with E-state index in [1.165, 1.54) is 45.4 Å². The third-order valence-electron chi connectivity index (χ3n) is 5.09. The first-order valence-corrected chi connectivity index (χ1v) is 7.77. The minimum atomic E-state index is 0.694. The van der Waals surface area contributed by atoms with Crippen LogP contribution in [-0.2, 0) is 0 Å². The van der Waals surface area contributed by atoms with Crippen molar-refractivity contribution in [2.45, 2.75) is 58.2 Å². The average molecular weight is 253 g/mol. The Morgan fingerprint density at radius 3 is 2.44 bits per heavy atom. The van der Waals surface area contributed by atoms with Crippen LogP contribution in [0.25, 0.3) is 0 Å². The lowest BCUT2D eigenvalue weighted by atomic mass is 9.90. The molecule has 18 heavy (non-hydrogen) atoms. The van der Waals surface area contributed by atoms with Crippen molar-refractivity contribution in [1.82, 2.24) is 15.1 Å². The molecule has 0 bridgehead atoms. The summed E-state index contributed by atoms with van der Waals surface area (Å²) in [6, 6.07) is 2.12. The van der Waals surface area contributed by atoms with E-state index in [4.69, 9.17) is 0 Å². The molecule has 0 aromatic carbocycles. The number of piperazine rings is 1. The van der Waals surface area contributed by atoms with Crippen LogP contribution in [0.15, 0.2) is 0 Å². The second-order valence-electron chi connectivity index (χ2n) is 6.53. The molecule has 4 atom stereocenters. The second-order valence-corrected chi connectivity index (χ2v) is 6.53. The van der Waals surface area contributed by atoms with Crippen LogP contribution in [0.3, 0.4) is 0 Å². The SMILES string of the molecule is CCC1CCNC(CN2CC(C)N(C)C(C)C2)C1. The highest BCUT2D eigenvalue weighted by Crippen LogP contribution is 2.21. The molecule has 0 aromatic rings. The Morgan fingerprint density at radius 1 is 1.17 bits per heavy atom. The van der Waals surface area contributed by atoms with Crippen LogP contribution in [-0.4, -0.2) is 61.2 Å². The molecule has 3 heteroatoms. The van der Waals surface area contributed by atoms with Crippen LogP contribution in [0.2, 0.25) is 0 Å². The van der Waals surface area contributed by atoms with Crippen molar-refractivity contribution in [3.8, 4) is 0 Å². The van der Waals surface area contributed by atoms with Gasteiger partial charge in [0, 0.05) is 37.8 Å². The van der Waals surface area contributed by atoms with Crippen molar-refractivity contribution >= 4 is 0 Å². The largest absolute Gasteiger partial charge is 0.313 e. The molecule has 0 amide bonds. The van der Waals surface area contributed by atoms with Crippen LogP contribution in [0, 0.1) is 5.92 Å². The minimum absolute atomic E-state index is 0.694. The van der Waals surface area contributed by atoms with Crippen LogP contribution in [0.1, 0.15) is 40.0 Å². The molecule has 2 fully saturated rings. The second kappa shape index (κ2) is 6.36. The number of nitrogens with zero attached hydrogens (tertiary/aromatic N) is 2. The predicted molar refractivity (Wildman–Crippen MR) is 77.9 cm³/mol. The molecule has 3 nitrogen and oxygen atoms in total. The predicted octanol–water partition coefficient (Wildman–Crippen LogP) is 1.79. The first kappa shape index (κ1) is 14.3. The normalized spacial score (nSPS) is 40.0. The summed E-state index contributed by atoms with van der Waals surface area (Å²) in [4.78, 5) is 5.19. The third-order valence-corrected chi connectivity index (χ3v) is 5.09. The molecular formula is C15H31N3. The van der Waals surface area contributed by atoms with Gasteiger partial charge in [-0.25, -0.2) is 0 Å². The van der Waals surface area contributed by atoms with Gasteiger partial charge in [-0.2, -0.15) is 0 Å². The monoisotopic (exact) mass is 253 g/mol. The van der Waals surface area contributed by atoms with Crippen molar-refractivity contribution in [2.24, 2.45) is 5.92 Å². The first-order valence-electron chi connectivity index (χ1n) is 7.77. The summed E-state index contributed by atoms with van der Waals surface area (Å²) in [7, 11) is 2.26. The standard InChI is InChI=1S/C15H31N3/c1-5-14-6-7-16-15(8-14)11-18-9-12(2)17(4)13(3)10-18/h12-16H,5-11H2,1-4H3. The van der Waals surface area contributed by atoms with E-state index in [2.05, 4.69) is 42.9 Å². The molecule has 0 aromatic heterocycles. The lowest BCUT2D eigenvalue weighted by Crippen LogP contribution is -2.57. The molecule has 2 aliphatic heterocycles. The quantitative estimate of drug-likeness (QED) is 0.827. The summed E-state index contributed by atoms with van der Waals surface area (Å²) in [6.07, 6.45) is 4.11.